The molecule has 2 aromatic carbocycles. The van der Waals surface area contributed by atoms with Gasteiger partial charge in [-0.25, -0.2) is 4.98 Å². The molecule has 0 spiro atoms. The highest BCUT2D eigenvalue weighted by atomic mass is 15.1. The molecule has 0 radical (unpaired) electrons. The molecule has 0 atom stereocenters. The number of benzene rings is 2. The maximum absolute atomic E-state index is 4.74. The van der Waals surface area contributed by atoms with Crippen LogP contribution in [0.5, 0.6) is 0 Å². The highest BCUT2D eigenvalue weighted by Crippen LogP contribution is 2.20. The van der Waals surface area contributed by atoms with Gasteiger partial charge in [-0.05, 0) is 37.1 Å². The first-order chi connectivity index (χ1) is 9.69. The highest BCUT2D eigenvalue weighted by molar-refractivity contribution is 5.76. The second kappa shape index (κ2) is 5.12. The number of nitrogens with zero attached hydrogens (tertiary/aromatic N) is 2. The summed E-state index contributed by atoms with van der Waals surface area (Å²) in [6.45, 7) is 7.40. The average Bonchev–Trinajstić information content (AvgIpc) is 2.81. The first-order valence-corrected chi connectivity index (χ1v) is 7.19. The van der Waals surface area contributed by atoms with E-state index in [1.165, 1.54) is 22.2 Å². The Morgan fingerprint density at radius 2 is 1.85 bits per heavy atom. The van der Waals surface area contributed by atoms with Crippen molar-refractivity contribution < 1.29 is 0 Å². The maximum Gasteiger partial charge on any atom is 0.109 e. The summed E-state index contributed by atoms with van der Waals surface area (Å²) in [7, 11) is 0. The third-order valence-corrected chi connectivity index (χ3v) is 3.88. The molecule has 0 aliphatic rings. The van der Waals surface area contributed by atoms with Crippen LogP contribution in [0, 0.1) is 13.8 Å². The van der Waals surface area contributed by atoms with Crippen LogP contribution in [0.25, 0.3) is 11.0 Å². The molecule has 0 aliphatic heterocycles. The second-order valence-corrected chi connectivity index (χ2v) is 5.39. The highest BCUT2D eigenvalue weighted by Gasteiger charge is 2.10. The van der Waals surface area contributed by atoms with Crippen molar-refractivity contribution in [1.29, 1.82) is 0 Å². The van der Waals surface area contributed by atoms with Gasteiger partial charge in [0.25, 0.3) is 0 Å². The molecule has 20 heavy (non-hydrogen) atoms. The fraction of sp³-hybridized carbons (Fsp3) is 0.278. The normalized spacial score (nSPS) is 11.2. The van der Waals surface area contributed by atoms with Crippen LogP contribution < -0.4 is 0 Å². The van der Waals surface area contributed by atoms with E-state index in [-0.39, 0.29) is 0 Å². The summed E-state index contributed by atoms with van der Waals surface area (Å²) in [4.78, 5) is 4.74. The number of para-hydroxylation sites is 2. The van der Waals surface area contributed by atoms with Crippen molar-refractivity contribution in [2.24, 2.45) is 0 Å². The zero-order chi connectivity index (χ0) is 14.1. The topological polar surface area (TPSA) is 17.8 Å². The van der Waals surface area contributed by atoms with E-state index in [2.05, 4.69) is 67.8 Å². The number of hydrogen-bond acceptors (Lipinski definition) is 1. The van der Waals surface area contributed by atoms with Crippen molar-refractivity contribution >= 4 is 11.0 Å². The largest absolute Gasteiger partial charge is 0.323 e. The lowest BCUT2D eigenvalue weighted by Gasteiger charge is -2.11. The Kier molecular flexibility index (Phi) is 3.31. The Labute approximate surface area is 120 Å². The van der Waals surface area contributed by atoms with Gasteiger partial charge >= 0.3 is 0 Å². The van der Waals surface area contributed by atoms with E-state index in [9.17, 15) is 0 Å². The van der Waals surface area contributed by atoms with Gasteiger partial charge in [0, 0.05) is 13.0 Å². The Balaban J connectivity index is 2.12. The number of rotatable bonds is 3. The molecule has 102 valence electrons. The first kappa shape index (κ1) is 12.9. The number of aryl methyl sites for hydroxylation is 3. The summed E-state index contributed by atoms with van der Waals surface area (Å²) in [6.07, 6.45) is 0.958. The van der Waals surface area contributed by atoms with E-state index in [0.29, 0.717) is 0 Å². The van der Waals surface area contributed by atoms with Crippen LogP contribution in [0.15, 0.2) is 42.5 Å². The molecule has 0 fully saturated rings. The van der Waals surface area contributed by atoms with E-state index in [1.807, 2.05) is 0 Å². The molecule has 0 aliphatic carbocycles. The fourth-order valence-electron chi connectivity index (χ4n) is 2.71. The van der Waals surface area contributed by atoms with Gasteiger partial charge in [-0.2, -0.15) is 0 Å². The summed E-state index contributed by atoms with van der Waals surface area (Å²) >= 11 is 0. The molecule has 0 amide bonds. The zero-order valence-corrected chi connectivity index (χ0v) is 12.4. The number of hydrogen-bond donors (Lipinski definition) is 0. The quantitative estimate of drug-likeness (QED) is 0.691. The zero-order valence-electron chi connectivity index (χ0n) is 12.4. The summed E-state index contributed by atoms with van der Waals surface area (Å²) < 4.78 is 2.34. The lowest BCUT2D eigenvalue weighted by molar-refractivity contribution is 0.749. The summed E-state index contributed by atoms with van der Waals surface area (Å²) in [6, 6.07) is 15.0. The van der Waals surface area contributed by atoms with E-state index in [1.54, 1.807) is 0 Å². The minimum absolute atomic E-state index is 0.900. The molecule has 0 saturated carbocycles. The summed E-state index contributed by atoms with van der Waals surface area (Å²) in [5.74, 6) is 1.16. The van der Waals surface area contributed by atoms with Gasteiger partial charge in [0.05, 0.1) is 11.0 Å². The SMILES string of the molecule is CCc1nc2ccccc2n1Cc1cc(C)ccc1C. The molecule has 3 aromatic rings. The molecule has 0 N–H and O–H groups in total. The van der Waals surface area contributed by atoms with Crippen molar-refractivity contribution in [3.05, 3.63) is 65.0 Å². The van der Waals surface area contributed by atoms with Crippen LogP contribution in [0.3, 0.4) is 0 Å². The molecule has 2 nitrogen and oxygen atoms in total. The van der Waals surface area contributed by atoms with Crippen LogP contribution in [0.1, 0.15) is 29.4 Å². The predicted molar refractivity (Wildman–Crippen MR) is 84.1 cm³/mol. The van der Waals surface area contributed by atoms with Gasteiger partial charge in [0.1, 0.15) is 5.82 Å². The minimum Gasteiger partial charge on any atom is -0.323 e. The van der Waals surface area contributed by atoms with E-state index >= 15 is 0 Å². The molecule has 0 bridgehead atoms. The average molecular weight is 264 g/mol. The van der Waals surface area contributed by atoms with E-state index < -0.39 is 0 Å². The summed E-state index contributed by atoms with van der Waals surface area (Å²) in [5, 5.41) is 0. The first-order valence-electron chi connectivity index (χ1n) is 7.19. The standard InChI is InChI=1S/C18H20N2/c1-4-18-19-16-7-5-6-8-17(16)20(18)12-15-11-13(2)9-10-14(15)3/h5-11H,4,12H2,1-3H3. The number of aromatic nitrogens is 2. The van der Waals surface area contributed by atoms with Crippen LogP contribution in [0.2, 0.25) is 0 Å². The van der Waals surface area contributed by atoms with Crippen molar-refractivity contribution in [3.63, 3.8) is 0 Å². The van der Waals surface area contributed by atoms with Gasteiger partial charge in [-0.15, -0.1) is 0 Å². The monoisotopic (exact) mass is 264 g/mol. The molecule has 3 rings (SSSR count). The lowest BCUT2D eigenvalue weighted by atomic mass is 10.1. The smallest absolute Gasteiger partial charge is 0.109 e. The van der Waals surface area contributed by atoms with Crippen molar-refractivity contribution in [2.75, 3.05) is 0 Å². The molecular formula is C18H20N2. The maximum atomic E-state index is 4.74. The number of imidazole rings is 1. The second-order valence-electron chi connectivity index (χ2n) is 5.39. The lowest BCUT2D eigenvalue weighted by Crippen LogP contribution is -2.06. The van der Waals surface area contributed by atoms with Crippen molar-refractivity contribution in [1.82, 2.24) is 9.55 Å². The van der Waals surface area contributed by atoms with Crippen LogP contribution >= 0.6 is 0 Å². The molecular weight excluding hydrogens is 244 g/mol. The van der Waals surface area contributed by atoms with Crippen molar-refractivity contribution in [2.45, 2.75) is 33.7 Å². The van der Waals surface area contributed by atoms with Gasteiger partial charge in [0.15, 0.2) is 0 Å². The molecule has 1 heterocycles. The van der Waals surface area contributed by atoms with Gasteiger partial charge in [-0.1, -0.05) is 42.8 Å². The van der Waals surface area contributed by atoms with Crippen LogP contribution in [-0.4, -0.2) is 9.55 Å². The van der Waals surface area contributed by atoms with Gasteiger partial charge in [-0.3, -0.25) is 0 Å². The fourth-order valence-corrected chi connectivity index (χ4v) is 2.71. The third kappa shape index (κ3) is 2.22. The van der Waals surface area contributed by atoms with Gasteiger partial charge in [0.2, 0.25) is 0 Å². The molecule has 0 saturated heterocycles. The summed E-state index contributed by atoms with van der Waals surface area (Å²) in [5.41, 5.74) is 6.35. The Hall–Kier alpha value is -2.09. The Morgan fingerprint density at radius 1 is 1.05 bits per heavy atom. The predicted octanol–water partition coefficient (Wildman–Crippen LogP) is 4.26. The van der Waals surface area contributed by atoms with Crippen LogP contribution in [0.4, 0.5) is 0 Å². The molecule has 2 heteroatoms. The Bertz CT molecular complexity index is 753. The van der Waals surface area contributed by atoms with Crippen molar-refractivity contribution in [3.8, 4) is 0 Å². The Morgan fingerprint density at radius 3 is 2.65 bits per heavy atom. The van der Waals surface area contributed by atoms with Crippen LogP contribution in [-0.2, 0) is 13.0 Å². The minimum atomic E-state index is 0.900. The molecule has 0 unspecified atom stereocenters. The van der Waals surface area contributed by atoms with E-state index in [0.717, 1.165) is 24.3 Å². The molecule has 1 aromatic heterocycles. The number of fused-ring (bicyclic) bond motifs is 1. The van der Waals surface area contributed by atoms with E-state index in [4.69, 9.17) is 4.98 Å². The third-order valence-electron chi connectivity index (χ3n) is 3.88. The van der Waals surface area contributed by atoms with Gasteiger partial charge < -0.3 is 4.57 Å².